The highest BCUT2D eigenvalue weighted by atomic mass is 32.1. The summed E-state index contributed by atoms with van der Waals surface area (Å²) in [6, 6.07) is 8.48. The minimum Gasteiger partial charge on any atom is -0.300 e. The standard InChI is InChI=1S/C19H23N5S2/c1-4-11-23-17(14-9-10-14)21-24(19(23)25)12-22(3)13(2)18-20-15-7-5-6-8-16(15)26-18/h4-8,13-14H,1,9-12H2,2-3H3. The van der Waals surface area contributed by atoms with Crippen LogP contribution in [0.25, 0.3) is 10.2 Å². The number of thiazole rings is 1. The molecule has 26 heavy (non-hydrogen) atoms. The zero-order valence-electron chi connectivity index (χ0n) is 15.1. The summed E-state index contributed by atoms with van der Waals surface area (Å²) in [7, 11) is 2.10. The van der Waals surface area contributed by atoms with Crippen molar-refractivity contribution in [3.05, 3.63) is 52.5 Å². The van der Waals surface area contributed by atoms with Gasteiger partial charge in [-0.1, -0.05) is 18.2 Å². The SMILES string of the molecule is C=CCn1c(C2CC2)nn(CN(C)C(C)c2nc3ccccc3s2)c1=S. The fraction of sp³-hybridized carbons (Fsp3) is 0.421. The molecule has 0 radical (unpaired) electrons. The van der Waals surface area contributed by atoms with E-state index in [0.717, 1.165) is 27.7 Å². The van der Waals surface area contributed by atoms with Crippen LogP contribution in [0, 0.1) is 4.77 Å². The van der Waals surface area contributed by atoms with Crippen LogP contribution in [0.5, 0.6) is 0 Å². The van der Waals surface area contributed by atoms with Gasteiger partial charge in [-0.25, -0.2) is 9.67 Å². The third-order valence-electron chi connectivity index (χ3n) is 4.89. The molecule has 0 aliphatic heterocycles. The number of fused-ring (bicyclic) bond motifs is 1. The van der Waals surface area contributed by atoms with Gasteiger partial charge in [0.25, 0.3) is 0 Å². The molecule has 1 aromatic carbocycles. The van der Waals surface area contributed by atoms with Gasteiger partial charge in [-0.2, -0.15) is 5.10 Å². The molecule has 1 fully saturated rings. The van der Waals surface area contributed by atoms with Crippen LogP contribution in [0.1, 0.15) is 42.6 Å². The molecule has 0 amide bonds. The normalized spacial score (nSPS) is 15.7. The van der Waals surface area contributed by atoms with E-state index in [2.05, 4.69) is 48.2 Å². The molecule has 0 bridgehead atoms. The first-order valence-electron chi connectivity index (χ1n) is 8.92. The quantitative estimate of drug-likeness (QED) is 0.435. The summed E-state index contributed by atoms with van der Waals surface area (Å²) in [5.74, 6) is 1.67. The number of nitrogens with zero attached hydrogens (tertiary/aromatic N) is 5. The van der Waals surface area contributed by atoms with Crippen LogP contribution in [0.4, 0.5) is 0 Å². The third-order valence-corrected chi connectivity index (χ3v) is 6.53. The lowest BCUT2D eigenvalue weighted by Crippen LogP contribution is -2.26. The predicted octanol–water partition coefficient (Wildman–Crippen LogP) is 4.74. The topological polar surface area (TPSA) is 38.9 Å². The highest BCUT2D eigenvalue weighted by Gasteiger charge is 2.30. The lowest BCUT2D eigenvalue weighted by molar-refractivity contribution is 0.194. The maximum absolute atomic E-state index is 5.68. The van der Waals surface area contributed by atoms with Crippen molar-refractivity contribution in [3.63, 3.8) is 0 Å². The number of allylic oxidation sites excluding steroid dienone is 1. The van der Waals surface area contributed by atoms with E-state index in [1.807, 2.05) is 16.8 Å². The highest BCUT2D eigenvalue weighted by Crippen LogP contribution is 2.39. The van der Waals surface area contributed by atoms with Gasteiger partial charge in [-0.15, -0.1) is 17.9 Å². The Morgan fingerprint density at radius 1 is 1.42 bits per heavy atom. The Morgan fingerprint density at radius 2 is 2.19 bits per heavy atom. The third kappa shape index (κ3) is 3.26. The van der Waals surface area contributed by atoms with E-state index < -0.39 is 0 Å². The van der Waals surface area contributed by atoms with E-state index in [4.69, 9.17) is 22.3 Å². The average molecular weight is 386 g/mol. The van der Waals surface area contributed by atoms with Crippen LogP contribution in [0.3, 0.4) is 0 Å². The van der Waals surface area contributed by atoms with Gasteiger partial charge < -0.3 is 0 Å². The number of benzene rings is 1. The fourth-order valence-corrected chi connectivity index (χ4v) is 4.44. The van der Waals surface area contributed by atoms with Gasteiger partial charge in [0.05, 0.1) is 22.9 Å². The van der Waals surface area contributed by atoms with Crippen molar-refractivity contribution in [2.45, 2.75) is 44.9 Å². The van der Waals surface area contributed by atoms with E-state index in [-0.39, 0.29) is 6.04 Å². The molecule has 7 heteroatoms. The first-order chi connectivity index (χ1) is 12.6. The van der Waals surface area contributed by atoms with Gasteiger partial charge >= 0.3 is 0 Å². The van der Waals surface area contributed by atoms with Crippen molar-refractivity contribution in [2.75, 3.05) is 7.05 Å². The molecule has 0 spiro atoms. The molecule has 3 aromatic rings. The summed E-state index contributed by atoms with van der Waals surface area (Å²) in [4.78, 5) is 7.04. The van der Waals surface area contributed by atoms with Gasteiger partial charge in [-0.05, 0) is 51.2 Å². The molecule has 0 saturated heterocycles. The van der Waals surface area contributed by atoms with Gasteiger partial charge in [0.2, 0.25) is 0 Å². The van der Waals surface area contributed by atoms with E-state index >= 15 is 0 Å². The Bertz CT molecular complexity index is 962. The molecule has 2 aromatic heterocycles. The first-order valence-corrected chi connectivity index (χ1v) is 10.1. The van der Waals surface area contributed by atoms with E-state index in [1.165, 1.54) is 17.5 Å². The molecular weight excluding hydrogens is 362 g/mol. The number of hydrogen-bond donors (Lipinski definition) is 0. The van der Waals surface area contributed by atoms with Crippen molar-refractivity contribution >= 4 is 33.8 Å². The Morgan fingerprint density at radius 3 is 2.88 bits per heavy atom. The second kappa shape index (κ2) is 7.06. The predicted molar refractivity (Wildman–Crippen MR) is 109 cm³/mol. The molecule has 0 N–H and O–H groups in total. The van der Waals surface area contributed by atoms with E-state index in [0.29, 0.717) is 12.6 Å². The largest absolute Gasteiger partial charge is 0.300 e. The minimum absolute atomic E-state index is 0.197. The number of rotatable bonds is 7. The maximum atomic E-state index is 5.68. The van der Waals surface area contributed by atoms with Crippen LogP contribution >= 0.6 is 23.6 Å². The summed E-state index contributed by atoms with van der Waals surface area (Å²) in [6.07, 6.45) is 4.31. The van der Waals surface area contributed by atoms with Crippen LogP contribution in [-0.2, 0) is 13.2 Å². The molecule has 1 saturated carbocycles. The Kier molecular flexibility index (Phi) is 4.77. The van der Waals surface area contributed by atoms with Gasteiger partial charge in [0.1, 0.15) is 10.8 Å². The number of hydrogen-bond acceptors (Lipinski definition) is 5. The second-order valence-corrected chi connectivity index (χ2v) is 8.34. The molecule has 2 heterocycles. The highest BCUT2D eigenvalue weighted by molar-refractivity contribution is 7.71. The van der Waals surface area contributed by atoms with Crippen molar-refractivity contribution in [1.82, 2.24) is 24.2 Å². The summed E-state index contributed by atoms with van der Waals surface area (Å²) in [5.41, 5.74) is 1.07. The van der Waals surface area contributed by atoms with Gasteiger partial charge in [0.15, 0.2) is 4.77 Å². The minimum atomic E-state index is 0.197. The summed E-state index contributed by atoms with van der Waals surface area (Å²) < 4.78 is 6.06. The molecule has 5 nitrogen and oxygen atoms in total. The van der Waals surface area contributed by atoms with Crippen LogP contribution in [0.2, 0.25) is 0 Å². The summed E-state index contributed by atoms with van der Waals surface area (Å²) in [5, 5.41) is 5.94. The van der Waals surface area contributed by atoms with E-state index in [1.54, 1.807) is 11.3 Å². The van der Waals surface area contributed by atoms with Gasteiger partial charge in [0, 0.05) is 12.5 Å². The molecule has 1 aliphatic carbocycles. The van der Waals surface area contributed by atoms with Crippen molar-refractivity contribution < 1.29 is 0 Å². The van der Waals surface area contributed by atoms with Crippen LogP contribution in [0.15, 0.2) is 36.9 Å². The number of aromatic nitrogens is 4. The molecule has 1 atom stereocenters. The summed E-state index contributed by atoms with van der Waals surface area (Å²) in [6.45, 7) is 7.42. The Balaban J connectivity index is 1.57. The van der Waals surface area contributed by atoms with E-state index in [9.17, 15) is 0 Å². The Hall–Kier alpha value is -1.83. The molecular formula is C19H23N5S2. The lowest BCUT2D eigenvalue weighted by atomic mass is 10.3. The monoisotopic (exact) mass is 385 g/mol. The van der Waals surface area contributed by atoms with Crippen LogP contribution in [-0.4, -0.2) is 31.3 Å². The zero-order chi connectivity index (χ0) is 18.3. The zero-order valence-corrected chi connectivity index (χ0v) is 16.8. The number of para-hydroxylation sites is 1. The summed E-state index contributed by atoms with van der Waals surface area (Å²) >= 11 is 7.43. The lowest BCUT2D eigenvalue weighted by Gasteiger charge is -2.22. The molecule has 1 unspecified atom stereocenters. The first kappa shape index (κ1) is 17.6. The fourth-order valence-electron chi connectivity index (χ4n) is 3.09. The van der Waals surface area contributed by atoms with Gasteiger partial charge in [-0.3, -0.25) is 9.47 Å². The Labute approximate surface area is 162 Å². The second-order valence-electron chi connectivity index (χ2n) is 6.91. The smallest absolute Gasteiger partial charge is 0.199 e. The molecule has 4 rings (SSSR count). The maximum Gasteiger partial charge on any atom is 0.199 e. The van der Waals surface area contributed by atoms with Crippen molar-refractivity contribution in [2.24, 2.45) is 0 Å². The van der Waals surface area contributed by atoms with Crippen molar-refractivity contribution in [3.8, 4) is 0 Å². The van der Waals surface area contributed by atoms with Crippen molar-refractivity contribution in [1.29, 1.82) is 0 Å². The average Bonchev–Trinajstić information content (AvgIpc) is 3.32. The van der Waals surface area contributed by atoms with Crippen LogP contribution < -0.4 is 0 Å². The molecule has 136 valence electrons. The molecule has 1 aliphatic rings.